The van der Waals surface area contributed by atoms with Crippen LogP contribution in [0.4, 0.5) is 10.2 Å². The lowest BCUT2D eigenvalue weighted by Gasteiger charge is -2.12. The van der Waals surface area contributed by atoms with Gasteiger partial charge < -0.3 is 16.4 Å². The monoisotopic (exact) mass is 527 g/mol. The van der Waals surface area contributed by atoms with Gasteiger partial charge in [-0.2, -0.15) is 10.4 Å². The summed E-state index contributed by atoms with van der Waals surface area (Å²) in [4.78, 5) is 4.22. The molecule has 2 aromatic rings. The summed E-state index contributed by atoms with van der Waals surface area (Å²) in [6.07, 6.45) is 3.64. The van der Waals surface area contributed by atoms with Gasteiger partial charge in [0.25, 0.3) is 0 Å². The first-order chi connectivity index (χ1) is 14.0. The summed E-state index contributed by atoms with van der Waals surface area (Å²) in [6, 6.07) is 7.98. The number of hydrogen-bond acceptors (Lipinski definition) is 4. The Morgan fingerprint density at radius 1 is 1.23 bits per heavy atom. The molecule has 0 atom stereocenters. The highest BCUT2D eigenvalue weighted by Crippen LogP contribution is 2.21. The molecule has 1 aromatic heterocycles. The smallest absolute Gasteiger partial charge is 0.190 e. The fourth-order valence-corrected chi connectivity index (χ4v) is 2.95. The molecule has 0 spiro atoms. The number of nitriles is 1. The molecule has 0 bridgehead atoms. The van der Waals surface area contributed by atoms with Gasteiger partial charge in [-0.05, 0) is 55.9 Å². The van der Waals surface area contributed by atoms with Gasteiger partial charge in [0, 0.05) is 20.1 Å². The molecule has 7 nitrogen and oxygen atoms in total. The molecule has 0 unspecified atom stereocenters. The van der Waals surface area contributed by atoms with Gasteiger partial charge in [0.1, 0.15) is 23.3 Å². The molecule has 0 aliphatic heterocycles. The van der Waals surface area contributed by atoms with Crippen LogP contribution >= 0.6 is 24.0 Å². The van der Waals surface area contributed by atoms with Crippen molar-refractivity contribution < 1.29 is 4.39 Å². The molecule has 4 N–H and O–H groups in total. The van der Waals surface area contributed by atoms with Crippen molar-refractivity contribution >= 4 is 35.8 Å². The average Bonchev–Trinajstić information content (AvgIpc) is 3.02. The average molecular weight is 527 g/mol. The highest BCUT2D eigenvalue weighted by molar-refractivity contribution is 14.0. The topological polar surface area (TPSA) is 104 Å². The Morgan fingerprint density at radius 2 is 1.87 bits per heavy atom. The van der Waals surface area contributed by atoms with E-state index in [2.05, 4.69) is 40.6 Å². The Morgan fingerprint density at radius 3 is 2.43 bits per heavy atom. The molecule has 30 heavy (non-hydrogen) atoms. The fourth-order valence-electron chi connectivity index (χ4n) is 2.95. The molecule has 0 fully saturated rings. The SMILES string of the molecule is CN=C(NCCCc1nn(-c2ccc(F)cc2)c(N)c1C#N)NCCCC(C)C.I. The summed E-state index contributed by atoms with van der Waals surface area (Å²) < 4.78 is 14.6. The summed E-state index contributed by atoms with van der Waals surface area (Å²) in [6.45, 7) is 6.01. The van der Waals surface area contributed by atoms with Crippen LogP contribution in [0.25, 0.3) is 5.69 Å². The van der Waals surface area contributed by atoms with Crippen LogP contribution in [-0.2, 0) is 6.42 Å². The lowest BCUT2D eigenvalue weighted by molar-refractivity contribution is 0.549. The molecule has 0 aliphatic rings. The van der Waals surface area contributed by atoms with Gasteiger partial charge in [-0.1, -0.05) is 13.8 Å². The summed E-state index contributed by atoms with van der Waals surface area (Å²) >= 11 is 0. The zero-order valence-corrected chi connectivity index (χ0v) is 20.1. The van der Waals surface area contributed by atoms with Crippen molar-refractivity contribution in [1.29, 1.82) is 5.26 Å². The molecule has 1 aromatic carbocycles. The van der Waals surface area contributed by atoms with Gasteiger partial charge in [0.15, 0.2) is 5.96 Å². The van der Waals surface area contributed by atoms with Gasteiger partial charge >= 0.3 is 0 Å². The third-order valence-electron chi connectivity index (χ3n) is 4.53. The first-order valence-corrected chi connectivity index (χ1v) is 9.94. The molecule has 0 saturated carbocycles. The Labute approximate surface area is 195 Å². The van der Waals surface area contributed by atoms with Crippen LogP contribution in [0.1, 0.15) is 44.4 Å². The number of aliphatic imine (C=N–C) groups is 1. The van der Waals surface area contributed by atoms with E-state index in [1.165, 1.54) is 23.2 Å². The zero-order chi connectivity index (χ0) is 21.2. The summed E-state index contributed by atoms with van der Waals surface area (Å²) in [5, 5.41) is 20.5. The van der Waals surface area contributed by atoms with Crippen molar-refractivity contribution in [2.75, 3.05) is 25.9 Å². The maximum absolute atomic E-state index is 13.2. The molecule has 0 aliphatic carbocycles. The van der Waals surface area contributed by atoms with Crippen LogP contribution in [0.2, 0.25) is 0 Å². The number of aromatic nitrogens is 2. The lowest BCUT2D eigenvalue weighted by Crippen LogP contribution is -2.38. The van der Waals surface area contributed by atoms with Crippen molar-refractivity contribution in [3.05, 3.63) is 41.3 Å². The quantitative estimate of drug-likeness (QED) is 0.200. The predicted octanol–water partition coefficient (Wildman–Crippen LogP) is 3.62. The first-order valence-electron chi connectivity index (χ1n) is 9.94. The van der Waals surface area contributed by atoms with Gasteiger partial charge in [-0.3, -0.25) is 4.99 Å². The number of rotatable bonds is 9. The Bertz CT molecular complexity index is 853. The maximum Gasteiger partial charge on any atom is 0.190 e. The van der Waals surface area contributed by atoms with Gasteiger partial charge in [0.2, 0.25) is 0 Å². The number of aryl methyl sites for hydroxylation is 1. The van der Waals surface area contributed by atoms with Crippen LogP contribution in [0.3, 0.4) is 0 Å². The minimum Gasteiger partial charge on any atom is -0.382 e. The number of guanidine groups is 1. The van der Waals surface area contributed by atoms with E-state index in [4.69, 9.17) is 5.73 Å². The van der Waals surface area contributed by atoms with E-state index in [0.717, 1.165) is 25.3 Å². The number of nitrogens with two attached hydrogens (primary N) is 1. The summed E-state index contributed by atoms with van der Waals surface area (Å²) in [5.41, 5.74) is 7.71. The Kier molecular flexibility index (Phi) is 11.2. The van der Waals surface area contributed by atoms with Crippen LogP contribution in [0, 0.1) is 23.1 Å². The van der Waals surface area contributed by atoms with Crippen molar-refractivity contribution in [2.45, 2.75) is 39.5 Å². The van der Waals surface area contributed by atoms with Crippen LogP contribution in [-0.4, -0.2) is 35.9 Å². The van der Waals surface area contributed by atoms with Crippen LogP contribution < -0.4 is 16.4 Å². The number of benzene rings is 1. The molecule has 2 rings (SSSR count). The summed E-state index contributed by atoms with van der Waals surface area (Å²) in [5.74, 6) is 1.40. The Hall–Kier alpha value is -2.35. The number of hydrogen-bond donors (Lipinski definition) is 3. The molecule has 0 amide bonds. The Balaban J connectivity index is 0.00000450. The molecule has 164 valence electrons. The van der Waals surface area contributed by atoms with Crippen LogP contribution in [0.5, 0.6) is 0 Å². The largest absolute Gasteiger partial charge is 0.382 e. The summed E-state index contributed by atoms with van der Waals surface area (Å²) in [7, 11) is 1.75. The third-order valence-corrected chi connectivity index (χ3v) is 4.53. The standard InChI is InChI=1S/C21H30FN7.HI/c1-15(2)6-4-12-26-21(25-3)27-13-5-7-19-18(14-23)20(24)29(28-19)17-10-8-16(22)9-11-17;/h8-11,15H,4-7,12-13,24H2,1-3H3,(H2,25,26,27);1H. The normalized spacial score (nSPS) is 11.1. The first kappa shape index (κ1) is 25.7. The van der Waals surface area contributed by atoms with E-state index in [-0.39, 0.29) is 35.6 Å². The number of anilines is 1. The minimum atomic E-state index is -0.336. The van der Waals surface area contributed by atoms with E-state index in [0.29, 0.717) is 35.8 Å². The highest BCUT2D eigenvalue weighted by atomic mass is 127. The van der Waals surface area contributed by atoms with Crippen molar-refractivity contribution in [3.8, 4) is 11.8 Å². The number of nitrogens with zero attached hydrogens (tertiary/aromatic N) is 4. The highest BCUT2D eigenvalue weighted by Gasteiger charge is 2.16. The van der Waals surface area contributed by atoms with E-state index < -0.39 is 0 Å². The number of nitrogen functional groups attached to an aromatic ring is 1. The zero-order valence-electron chi connectivity index (χ0n) is 17.8. The van der Waals surface area contributed by atoms with Gasteiger partial charge in [-0.25, -0.2) is 9.07 Å². The molecule has 0 saturated heterocycles. The third kappa shape index (κ3) is 7.48. The minimum absolute atomic E-state index is 0. The second-order valence-electron chi connectivity index (χ2n) is 7.27. The van der Waals surface area contributed by atoms with Crippen molar-refractivity contribution in [1.82, 2.24) is 20.4 Å². The van der Waals surface area contributed by atoms with Crippen molar-refractivity contribution in [2.24, 2.45) is 10.9 Å². The molecular weight excluding hydrogens is 496 g/mol. The lowest BCUT2D eigenvalue weighted by atomic mass is 10.1. The van der Waals surface area contributed by atoms with Gasteiger partial charge in [-0.15, -0.1) is 24.0 Å². The molecule has 9 heteroatoms. The number of halogens is 2. The molecule has 0 radical (unpaired) electrons. The number of nitrogens with one attached hydrogen (secondary N) is 2. The van der Waals surface area contributed by atoms with E-state index in [9.17, 15) is 9.65 Å². The van der Waals surface area contributed by atoms with E-state index >= 15 is 0 Å². The fraction of sp³-hybridized carbons (Fsp3) is 0.476. The predicted molar refractivity (Wildman–Crippen MR) is 130 cm³/mol. The second-order valence-corrected chi connectivity index (χ2v) is 7.27. The van der Waals surface area contributed by atoms with Crippen LogP contribution in [0.15, 0.2) is 29.3 Å². The second kappa shape index (κ2) is 13.1. The molecule has 1 heterocycles. The van der Waals surface area contributed by atoms with E-state index in [1.807, 2.05) is 0 Å². The maximum atomic E-state index is 13.2. The van der Waals surface area contributed by atoms with Crippen molar-refractivity contribution in [3.63, 3.8) is 0 Å². The molecular formula is C21H31FIN7. The van der Waals surface area contributed by atoms with Gasteiger partial charge in [0.05, 0.1) is 11.4 Å². The van der Waals surface area contributed by atoms with E-state index in [1.54, 1.807) is 19.2 Å².